The van der Waals surface area contributed by atoms with E-state index in [4.69, 9.17) is 9.26 Å². The molecular formula is C20H21N3O2. The molecule has 1 saturated heterocycles. The van der Waals surface area contributed by atoms with Gasteiger partial charge in [0, 0.05) is 29.9 Å². The highest BCUT2D eigenvalue weighted by atomic mass is 16.5. The summed E-state index contributed by atoms with van der Waals surface area (Å²) in [4.78, 5) is 6.96. The first kappa shape index (κ1) is 15.7. The van der Waals surface area contributed by atoms with Gasteiger partial charge in [-0.15, -0.1) is 0 Å². The Bertz CT molecular complexity index is 836. The largest absolute Gasteiger partial charge is 0.497 e. The predicted molar refractivity (Wildman–Crippen MR) is 97.8 cm³/mol. The highest BCUT2D eigenvalue weighted by Crippen LogP contribution is 2.27. The molecule has 5 heteroatoms. The monoisotopic (exact) mass is 335 g/mol. The minimum atomic E-state index is 0.494. The van der Waals surface area contributed by atoms with E-state index in [1.54, 1.807) is 7.11 Å². The van der Waals surface area contributed by atoms with E-state index in [0.29, 0.717) is 11.7 Å². The normalized spacial score (nSPS) is 14.5. The number of piperidine rings is 1. The van der Waals surface area contributed by atoms with Crippen LogP contribution in [0.4, 0.5) is 5.69 Å². The van der Waals surface area contributed by atoms with Gasteiger partial charge in [-0.25, -0.2) is 0 Å². The molecule has 1 fully saturated rings. The van der Waals surface area contributed by atoms with E-state index in [2.05, 4.69) is 39.3 Å². The van der Waals surface area contributed by atoms with Crippen molar-refractivity contribution in [2.75, 3.05) is 25.1 Å². The molecule has 0 atom stereocenters. The van der Waals surface area contributed by atoms with Crippen LogP contribution in [0.25, 0.3) is 22.8 Å². The van der Waals surface area contributed by atoms with Crippen molar-refractivity contribution < 1.29 is 9.26 Å². The van der Waals surface area contributed by atoms with E-state index >= 15 is 0 Å². The maximum absolute atomic E-state index is 5.42. The van der Waals surface area contributed by atoms with Gasteiger partial charge in [-0.05, 0) is 61.7 Å². The van der Waals surface area contributed by atoms with Crippen LogP contribution in [0.15, 0.2) is 53.1 Å². The summed E-state index contributed by atoms with van der Waals surface area (Å²) in [5.41, 5.74) is 3.07. The number of anilines is 1. The smallest absolute Gasteiger partial charge is 0.258 e. The van der Waals surface area contributed by atoms with Crippen molar-refractivity contribution in [1.82, 2.24) is 10.1 Å². The molecule has 0 amide bonds. The number of ether oxygens (including phenoxy) is 1. The van der Waals surface area contributed by atoms with E-state index in [0.717, 1.165) is 30.0 Å². The molecule has 2 heterocycles. The first-order chi connectivity index (χ1) is 12.3. The molecule has 0 aliphatic carbocycles. The average Bonchev–Trinajstić information content (AvgIpc) is 3.19. The van der Waals surface area contributed by atoms with Gasteiger partial charge in [-0.1, -0.05) is 11.2 Å². The van der Waals surface area contributed by atoms with Crippen LogP contribution >= 0.6 is 0 Å². The van der Waals surface area contributed by atoms with E-state index < -0.39 is 0 Å². The molecule has 1 aliphatic heterocycles. The van der Waals surface area contributed by atoms with Crippen LogP contribution in [-0.4, -0.2) is 30.3 Å². The molecule has 0 N–H and O–H groups in total. The Labute approximate surface area is 147 Å². The maximum atomic E-state index is 5.42. The lowest BCUT2D eigenvalue weighted by atomic mass is 10.1. The van der Waals surface area contributed by atoms with Crippen molar-refractivity contribution in [3.05, 3.63) is 48.5 Å². The lowest BCUT2D eigenvalue weighted by molar-refractivity contribution is 0.413. The quantitative estimate of drug-likeness (QED) is 0.707. The van der Waals surface area contributed by atoms with E-state index in [1.165, 1.54) is 24.9 Å². The predicted octanol–water partition coefficient (Wildman–Crippen LogP) is 4.40. The molecule has 4 rings (SSSR count). The van der Waals surface area contributed by atoms with Crippen molar-refractivity contribution in [2.24, 2.45) is 0 Å². The van der Waals surface area contributed by atoms with Crippen molar-refractivity contribution in [2.45, 2.75) is 19.3 Å². The van der Waals surface area contributed by atoms with Crippen molar-refractivity contribution in [3.63, 3.8) is 0 Å². The third kappa shape index (κ3) is 3.36. The van der Waals surface area contributed by atoms with E-state index in [9.17, 15) is 0 Å². The molecule has 0 radical (unpaired) electrons. The van der Waals surface area contributed by atoms with Crippen molar-refractivity contribution in [1.29, 1.82) is 0 Å². The van der Waals surface area contributed by atoms with Gasteiger partial charge in [0.2, 0.25) is 5.82 Å². The summed E-state index contributed by atoms with van der Waals surface area (Å²) in [7, 11) is 1.64. The molecule has 1 aromatic heterocycles. The second-order valence-corrected chi connectivity index (χ2v) is 6.25. The molecule has 0 unspecified atom stereocenters. The van der Waals surface area contributed by atoms with E-state index in [-0.39, 0.29) is 0 Å². The summed E-state index contributed by atoms with van der Waals surface area (Å²) in [6.07, 6.45) is 3.89. The molecule has 25 heavy (non-hydrogen) atoms. The molecule has 1 aliphatic rings. The summed E-state index contributed by atoms with van der Waals surface area (Å²) in [6.45, 7) is 2.28. The number of rotatable bonds is 4. The Morgan fingerprint density at radius 2 is 1.76 bits per heavy atom. The minimum absolute atomic E-state index is 0.494. The van der Waals surface area contributed by atoms with Gasteiger partial charge in [0.1, 0.15) is 5.75 Å². The fourth-order valence-electron chi connectivity index (χ4n) is 3.19. The highest BCUT2D eigenvalue weighted by Gasteiger charge is 2.13. The van der Waals surface area contributed by atoms with E-state index in [1.807, 2.05) is 24.3 Å². The summed E-state index contributed by atoms with van der Waals surface area (Å²) in [6, 6.07) is 16.0. The van der Waals surface area contributed by atoms with Crippen LogP contribution < -0.4 is 9.64 Å². The molecule has 0 spiro atoms. The van der Waals surface area contributed by atoms with Gasteiger partial charge in [-0.3, -0.25) is 0 Å². The molecule has 3 aromatic rings. The molecular weight excluding hydrogens is 314 g/mol. The van der Waals surface area contributed by atoms with Crippen molar-refractivity contribution in [3.8, 4) is 28.6 Å². The Balaban J connectivity index is 1.55. The lowest BCUT2D eigenvalue weighted by Crippen LogP contribution is -2.29. The number of aromatic nitrogens is 2. The van der Waals surface area contributed by atoms with Crippen LogP contribution in [0.1, 0.15) is 19.3 Å². The maximum Gasteiger partial charge on any atom is 0.258 e. The number of hydrogen-bond acceptors (Lipinski definition) is 5. The fraction of sp³-hybridized carbons (Fsp3) is 0.300. The zero-order valence-corrected chi connectivity index (χ0v) is 14.3. The van der Waals surface area contributed by atoms with Gasteiger partial charge < -0.3 is 14.2 Å². The second-order valence-electron chi connectivity index (χ2n) is 6.25. The zero-order valence-electron chi connectivity index (χ0n) is 14.3. The molecule has 128 valence electrons. The van der Waals surface area contributed by atoms with Gasteiger partial charge in [-0.2, -0.15) is 4.98 Å². The molecule has 5 nitrogen and oxygen atoms in total. The Morgan fingerprint density at radius 3 is 2.52 bits per heavy atom. The number of nitrogens with zero attached hydrogens (tertiary/aromatic N) is 3. The standard InChI is InChI=1S/C20H21N3O2/c1-24-18-7-5-6-16(14-18)20-21-19(22-25-20)15-8-10-17(11-9-15)23-12-3-2-4-13-23/h5-11,14H,2-4,12-13H2,1H3. The van der Waals surface area contributed by atoms with Crippen LogP contribution in [0.3, 0.4) is 0 Å². The third-order valence-electron chi connectivity index (χ3n) is 4.59. The topological polar surface area (TPSA) is 51.4 Å². The Kier molecular flexibility index (Phi) is 4.37. The summed E-state index contributed by atoms with van der Waals surface area (Å²) in [5.74, 6) is 1.86. The van der Waals surface area contributed by atoms with Gasteiger partial charge in [0.15, 0.2) is 0 Å². The molecule has 0 saturated carbocycles. The lowest BCUT2D eigenvalue weighted by Gasteiger charge is -2.28. The third-order valence-corrected chi connectivity index (χ3v) is 4.59. The Morgan fingerprint density at radius 1 is 0.960 bits per heavy atom. The Hall–Kier alpha value is -2.82. The number of methoxy groups -OCH3 is 1. The van der Waals surface area contributed by atoms with Gasteiger partial charge >= 0.3 is 0 Å². The van der Waals surface area contributed by atoms with Crippen molar-refractivity contribution >= 4 is 5.69 Å². The average molecular weight is 335 g/mol. The molecule has 0 bridgehead atoms. The zero-order chi connectivity index (χ0) is 17.1. The van der Waals surface area contributed by atoms with Crippen LogP contribution in [0, 0.1) is 0 Å². The highest BCUT2D eigenvalue weighted by molar-refractivity contribution is 5.63. The SMILES string of the molecule is COc1cccc(-c2nc(-c3ccc(N4CCCCC4)cc3)no2)c1. The van der Waals surface area contributed by atoms with Gasteiger partial charge in [0.05, 0.1) is 7.11 Å². The van der Waals surface area contributed by atoms with Crippen LogP contribution in [0.2, 0.25) is 0 Å². The minimum Gasteiger partial charge on any atom is -0.497 e. The van der Waals surface area contributed by atoms with Gasteiger partial charge in [0.25, 0.3) is 5.89 Å². The van der Waals surface area contributed by atoms with Crippen LogP contribution in [0.5, 0.6) is 5.75 Å². The summed E-state index contributed by atoms with van der Waals surface area (Å²) >= 11 is 0. The summed E-state index contributed by atoms with van der Waals surface area (Å²) < 4.78 is 10.7. The first-order valence-electron chi connectivity index (χ1n) is 8.67. The molecule has 2 aromatic carbocycles. The fourth-order valence-corrected chi connectivity index (χ4v) is 3.19. The van der Waals surface area contributed by atoms with Crippen LogP contribution in [-0.2, 0) is 0 Å². The summed E-state index contributed by atoms with van der Waals surface area (Å²) in [5, 5.41) is 4.12. The number of hydrogen-bond donors (Lipinski definition) is 0. The first-order valence-corrected chi connectivity index (χ1v) is 8.67. The number of benzene rings is 2. The second kappa shape index (κ2) is 6.97.